The van der Waals surface area contributed by atoms with Crippen LogP contribution in [-0.4, -0.2) is 17.1 Å². The van der Waals surface area contributed by atoms with Crippen LogP contribution < -0.4 is 0 Å². The summed E-state index contributed by atoms with van der Waals surface area (Å²) in [6, 6.07) is 9.65. The zero-order valence-electron chi connectivity index (χ0n) is 14.1. The van der Waals surface area contributed by atoms with Crippen LogP contribution in [0.2, 0.25) is 0 Å². The first-order valence-corrected chi connectivity index (χ1v) is 8.21. The molecule has 0 saturated heterocycles. The molecular formula is C20H22N2O2. The number of carbonyl (C=O) groups excluding carboxylic acids is 1. The van der Waals surface area contributed by atoms with E-state index in [1.165, 1.54) is 0 Å². The molecule has 1 N–H and O–H groups in total. The lowest BCUT2D eigenvalue weighted by Gasteiger charge is -2.22. The maximum absolute atomic E-state index is 12.7. The van der Waals surface area contributed by atoms with E-state index in [9.17, 15) is 10.1 Å². The Hall–Kier alpha value is -2.72. The number of benzene rings is 1. The number of unbranched alkanes of at least 4 members (excludes halogenated alkanes) is 2. The maximum atomic E-state index is 12.7. The summed E-state index contributed by atoms with van der Waals surface area (Å²) in [6.07, 6.45) is 10.2. The number of hydrogen-bond donors (Lipinski definition) is 1. The predicted octanol–water partition coefficient (Wildman–Crippen LogP) is 4.07. The first kappa shape index (κ1) is 17.6. The molecule has 2 aromatic rings. The standard InChI is InChI=1S/C20H22N2O2/c1-4-6-7-10-15(5-2)24-19(23)20(3,14-21)17-13-22-18-12-9-8-11-16(17)18/h2,8-9,11-13,15,22H,4,6-7,10H2,1,3H3/t15-,20-/m0/s1. The van der Waals surface area contributed by atoms with Gasteiger partial charge in [-0.3, -0.25) is 0 Å². The fraction of sp³-hybridized carbons (Fsp3) is 0.400. The van der Waals surface area contributed by atoms with Crippen LogP contribution in [0, 0.1) is 23.7 Å². The second kappa shape index (κ2) is 7.70. The highest BCUT2D eigenvalue weighted by atomic mass is 16.5. The molecule has 2 rings (SSSR count). The molecule has 0 radical (unpaired) electrons. The van der Waals surface area contributed by atoms with Gasteiger partial charge in [0.2, 0.25) is 0 Å². The van der Waals surface area contributed by atoms with Crippen molar-refractivity contribution in [3.63, 3.8) is 0 Å². The quantitative estimate of drug-likeness (QED) is 0.474. The van der Waals surface area contributed by atoms with Crippen molar-refractivity contribution in [2.75, 3.05) is 0 Å². The van der Waals surface area contributed by atoms with Gasteiger partial charge in [0.25, 0.3) is 0 Å². The highest BCUT2D eigenvalue weighted by Gasteiger charge is 2.40. The molecule has 0 amide bonds. The molecule has 24 heavy (non-hydrogen) atoms. The van der Waals surface area contributed by atoms with Gasteiger partial charge in [-0.05, 0) is 25.8 Å². The molecule has 0 bridgehead atoms. The number of esters is 1. The lowest BCUT2D eigenvalue weighted by molar-refractivity contribution is -0.151. The second-order valence-electron chi connectivity index (χ2n) is 6.04. The molecule has 0 aliphatic rings. The Morgan fingerprint density at radius 1 is 1.42 bits per heavy atom. The first-order valence-electron chi connectivity index (χ1n) is 8.21. The Morgan fingerprint density at radius 2 is 2.17 bits per heavy atom. The van der Waals surface area contributed by atoms with Crippen LogP contribution in [0.25, 0.3) is 10.9 Å². The third kappa shape index (κ3) is 3.44. The van der Waals surface area contributed by atoms with Crippen LogP contribution in [-0.2, 0) is 14.9 Å². The third-order valence-electron chi connectivity index (χ3n) is 4.26. The van der Waals surface area contributed by atoms with Crippen LogP contribution in [0.3, 0.4) is 0 Å². The average molecular weight is 322 g/mol. The van der Waals surface area contributed by atoms with Crippen molar-refractivity contribution in [2.24, 2.45) is 0 Å². The van der Waals surface area contributed by atoms with Gasteiger partial charge in [0.1, 0.15) is 0 Å². The monoisotopic (exact) mass is 322 g/mol. The molecule has 0 aliphatic carbocycles. The topological polar surface area (TPSA) is 65.9 Å². The zero-order chi connectivity index (χ0) is 17.6. The van der Waals surface area contributed by atoms with Gasteiger partial charge < -0.3 is 9.72 Å². The highest BCUT2D eigenvalue weighted by molar-refractivity contribution is 5.94. The van der Waals surface area contributed by atoms with E-state index in [1.807, 2.05) is 24.3 Å². The molecule has 0 spiro atoms. The first-order chi connectivity index (χ1) is 11.6. The largest absolute Gasteiger partial charge is 0.448 e. The Bertz CT molecular complexity index is 794. The lowest BCUT2D eigenvalue weighted by atomic mass is 9.84. The van der Waals surface area contributed by atoms with Crippen molar-refractivity contribution in [3.05, 3.63) is 36.0 Å². The summed E-state index contributed by atoms with van der Waals surface area (Å²) >= 11 is 0. The number of ether oxygens (including phenoxy) is 1. The Kier molecular flexibility index (Phi) is 5.66. The minimum Gasteiger partial charge on any atom is -0.448 e. The van der Waals surface area contributed by atoms with Crippen LogP contribution in [0.15, 0.2) is 30.5 Å². The SMILES string of the molecule is C#C[C@@H](CCCCC)OC(=O)[C@@](C)(C#N)c1c[nH]c2ccccc12. The number of hydrogen-bond acceptors (Lipinski definition) is 3. The van der Waals surface area contributed by atoms with Gasteiger partial charge in [-0.1, -0.05) is 43.9 Å². The smallest absolute Gasteiger partial charge is 0.332 e. The van der Waals surface area contributed by atoms with Crippen molar-refractivity contribution >= 4 is 16.9 Å². The van der Waals surface area contributed by atoms with Crippen molar-refractivity contribution in [2.45, 2.75) is 51.0 Å². The van der Waals surface area contributed by atoms with Crippen LogP contribution in [0.4, 0.5) is 0 Å². The van der Waals surface area contributed by atoms with Crippen LogP contribution in [0.1, 0.15) is 45.1 Å². The number of aromatic nitrogens is 1. The minimum absolute atomic E-state index is 0.595. The average Bonchev–Trinajstić information content (AvgIpc) is 3.04. The number of para-hydroxylation sites is 1. The summed E-state index contributed by atoms with van der Waals surface area (Å²) in [6.45, 7) is 3.67. The fourth-order valence-corrected chi connectivity index (χ4v) is 2.70. The van der Waals surface area contributed by atoms with E-state index < -0.39 is 17.5 Å². The van der Waals surface area contributed by atoms with Crippen LogP contribution in [0.5, 0.6) is 0 Å². The molecule has 0 aliphatic heterocycles. The van der Waals surface area contributed by atoms with Gasteiger partial charge in [-0.15, -0.1) is 6.42 Å². The Labute approximate surface area is 142 Å². The summed E-state index contributed by atoms with van der Waals surface area (Å²) in [5.41, 5.74) is 0.0765. The molecule has 124 valence electrons. The van der Waals surface area contributed by atoms with E-state index in [0.717, 1.165) is 30.2 Å². The third-order valence-corrected chi connectivity index (χ3v) is 4.26. The van der Waals surface area contributed by atoms with Gasteiger partial charge in [0, 0.05) is 22.7 Å². The van der Waals surface area contributed by atoms with Crippen molar-refractivity contribution in [3.8, 4) is 18.4 Å². The lowest BCUT2D eigenvalue weighted by Crippen LogP contribution is -2.35. The van der Waals surface area contributed by atoms with E-state index in [1.54, 1.807) is 13.1 Å². The molecule has 0 unspecified atom stereocenters. The molecule has 0 fully saturated rings. The summed E-state index contributed by atoms with van der Waals surface area (Å²) in [5, 5.41) is 10.5. The molecule has 4 nitrogen and oxygen atoms in total. The van der Waals surface area contributed by atoms with Crippen molar-refractivity contribution in [1.82, 2.24) is 4.98 Å². The van der Waals surface area contributed by atoms with E-state index >= 15 is 0 Å². The number of rotatable bonds is 7. The second-order valence-corrected chi connectivity index (χ2v) is 6.04. The maximum Gasteiger partial charge on any atom is 0.332 e. The fourth-order valence-electron chi connectivity index (χ4n) is 2.70. The molecule has 2 atom stereocenters. The molecule has 1 aromatic carbocycles. The van der Waals surface area contributed by atoms with Gasteiger partial charge in [-0.2, -0.15) is 5.26 Å². The predicted molar refractivity (Wildman–Crippen MR) is 94.1 cm³/mol. The molecule has 1 aromatic heterocycles. The number of nitrogens with one attached hydrogen (secondary N) is 1. The summed E-state index contributed by atoms with van der Waals surface area (Å²) in [4.78, 5) is 15.8. The molecule has 0 saturated carbocycles. The van der Waals surface area contributed by atoms with Gasteiger partial charge in [0.05, 0.1) is 6.07 Å². The summed E-state index contributed by atoms with van der Waals surface area (Å²) in [7, 11) is 0. The van der Waals surface area contributed by atoms with Gasteiger partial charge in [-0.25, -0.2) is 4.79 Å². The number of fused-ring (bicyclic) bond motifs is 1. The van der Waals surface area contributed by atoms with Gasteiger partial charge >= 0.3 is 5.97 Å². The normalized spacial score (nSPS) is 14.3. The molecular weight excluding hydrogens is 300 g/mol. The number of nitrogens with zero attached hydrogens (tertiary/aromatic N) is 1. The number of terminal acetylenes is 1. The van der Waals surface area contributed by atoms with E-state index in [0.29, 0.717) is 12.0 Å². The van der Waals surface area contributed by atoms with E-state index in [2.05, 4.69) is 23.9 Å². The Balaban J connectivity index is 2.24. The summed E-state index contributed by atoms with van der Waals surface area (Å²) < 4.78 is 5.46. The number of aromatic amines is 1. The number of nitriles is 1. The van der Waals surface area contributed by atoms with E-state index in [4.69, 9.17) is 11.2 Å². The minimum atomic E-state index is -1.40. The molecule has 1 heterocycles. The number of H-pyrrole nitrogens is 1. The zero-order valence-corrected chi connectivity index (χ0v) is 14.1. The van der Waals surface area contributed by atoms with Crippen molar-refractivity contribution in [1.29, 1.82) is 5.26 Å². The molecule has 4 heteroatoms. The summed E-state index contributed by atoms with van der Waals surface area (Å²) in [5.74, 6) is 1.91. The highest BCUT2D eigenvalue weighted by Crippen LogP contribution is 2.32. The number of carbonyl (C=O) groups is 1. The Morgan fingerprint density at radius 3 is 2.83 bits per heavy atom. The van der Waals surface area contributed by atoms with Crippen molar-refractivity contribution < 1.29 is 9.53 Å². The van der Waals surface area contributed by atoms with Gasteiger partial charge in [0.15, 0.2) is 11.5 Å². The van der Waals surface area contributed by atoms with E-state index in [-0.39, 0.29) is 0 Å². The van der Waals surface area contributed by atoms with Crippen LogP contribution >= 0.6 is 0 Å².